The van der Waals surface area contributed by atoms with Gasteiger partial charge in [0.15, 0.2) is 5.60 Å². The van der Waals surface area contributed by atoms with Crippen molar-refractivity contribution >= 4 is 11.4 Å². The molecular formula is C13H12F3N3O3. The second-order valence-corrected chi connectivity index (χ2v) is 5.09. The van der Waals surface area contributed by atoms with Crippen molar-refractivity contribution in [3.05, 3.63) is 33.9 Å². The van der Waals surface area contributed by atoms with Gasteiger partial charge in [-0.1, -0.05) is 0 Å². The number of aliphatic hydroxyl groups is 1. The normalized spacial score (nSPS) is 17.9. The van der Waals surface area contributed by atoms with Gasteiger partial charge in [-0.15, -0.1) is 0 Å². The van der Waals surface area contributed by atoms with E-state index in [1.165, 1.54) is 12.1 Å². The van der Waals surface area contributed by atoms with E-state index >= 15 is 0 Å². The SMILES string of the molecule is N#Cc1cc(N2CCC(O)(C(F)(F)F)CC2)ccc1[N+](=O)[O-]. The molecule has 1 fully saturated rings. The summed E-state index contributed by atoms with van der Waals surface area (Å²) >= 11 is 0. The molecule has 0 saturated carbocycles. The minimum absolute atomic E-state index is 0.0569. The lowest BCUT2D eigenvalue weighted by Crippen LogP contribution is -2.53. The van der Waals surface area contributed by atoms with Gasteiger partial charge in [0.25, 0.3) is 5.69 Å². The summed E-state index contributed by atoms with van der Waals surface area (Å²) in [6.45, 7) is -0.114. The van der Waals surface area contributed by atoms with Crippen LogP contribution in [-0.4, -0.2) is 34.9 Å². The molecule has 1 heterocycles. The highest BCUT2D eigenvalue weighted by molar-refractivity contribution is 5.60. The molecular weight excluding hydrogens is 303 g/mol. The van der Waals surface area contributed by atoms with Crippen LogP contribution >= 0.6 is 0 Å². The standard InChI is InChI=1S/C13H12F3N3O3/c14-13(15,16)12(20)3-5-18(6-4-12)10-1-2-11(19(21)22)9(7-10)8-17/h1-2,7,20H,3-6H2. The van der Waals surface area contributed by atoms with E-state index in [1.807, 2.05) is 0 Å². The van der Waals surface area contributed by atoms with Crippen LogP contribution in [0.5, 0.6) is 0 Å². The fraction of sp³-hybridized carbons (Fsp3) is 0.462. The number of nitro groups is 1. The largest absolute Gasteiger partial charge is 0.417 e. The van der Waals surface area contributed by atoms with Gasteiger partial charge < -0.3 is 10.0 Å². The minimum Gasteiger partial charge on any atom is -0.380 e. The van der Waals surface area contributed by atoms with Gasteiger partial charge in [0.05, 0.1) is 4.92 Å². The number of benzene rings is 1. The molecule has 0 aromatic heterocycles. The molecule has 0 bridgehead atoms. The first-order valence-corrected chi connectivity index (χ1v) is 6.40. The molecule has 22 heavy (non-hydrogen) atoms. The summed E-state index contributed by atoms with van der Waals surface area (Å²) in [5.74, 6) is 0. The van der Waals surface area contributed by atoms with Crippen LogP contribution in [0.3, 0.4) is 0 Å². The quantitative estimate of drug-likeness (QED) is 0.668. The number of anilines is 1. The van der Waals surface area contributed by atoms with Crippen LogP contribution in [0.4, 0.5) is 24.5 Å². The van der Waals surface area contributed by atoms with Crippen LogP contribution in [-0.2, 0) is 0 Å². The predicted molar refractivity (Wildman–Crippen MR) is 70.3 cm³/mol. The average molecular weight is 315 g/mol. The molecule has 1 aliphatic heterocycles. The molecule has 0 aliphatic carbocycles. The predicted octanol–water partition coefficient (Wildman–Crippen LogP) is 2.36. The smallest absolute Gasteiger partial charge is 0.380 e. The van der Waals surface area contributed by atoms with Crippen molar-refractivity contribution in [2.75, 3.05) is 18.0 Å². The Kier molecular flexibility index (Phi) is 3.98. The van der Waals surface area contributed by atoms with E-state index in [2.05, 4.69) is 0 Å². The highest BCUT2D eigenvalue weighted by atomic mass is 19.4. The number of hydrogen-bond donors (Lipinski definition) is 1. The Bertz CT molecular complexity index is 632. The number of rotatable bonds is 2. The second kappa shape index (κ2) is 5.46. The molecule has 6 nitrogen and oxygen atoms in total. The maximum atomic E-state index is 12.7. The zero-order valence-electron chi connectivity index (χ0n) is 11.3. The van der Waals surface area contributed by atoms with Gasteiger partial charge in [-0.2, -0.15) is 18.4 Å². The van der Waals surface area contributed by atoms with Gasteiger partial charge in [0, 0.05) is 37.7 Å². The highest BCUT2D eigenvalue weighted by Crippen LogP contribution is 2.39. The number of nitrogens with zero attached hydrogens (tertiary/aromatic N) is 3. The van der Waals surface area contributed by atoms with Crippen molar-refractivity contribution in [1.29, 1.82) is 5.26 Å². The van der Waals surface area contributed by atoms with Gasteiger partial charge in [-0.05, 0) is 12.1 Å². The van der Waals surface area contributed by atoms with E-state index in [0.29, 0.717) is 5.69 Å². The Morgan fingerprint density at radius 3 is 2.41 bits per heavy atom. The first-order valence-electron chi connectivity index (χ1n) is 6.40. The Morgan fingerprint density at radius 1 is 1.36 bits per heavy atom. The van der Waals surface area contributed by atoms with E-state index in [4.69, 9.17) is 5.26 Å². The van der Waals surface area contributed by atoms with Crippen LogP contribution in [0.15, 0.2) is 18.2 Å². The molecule has 118 valence electrons. The molecule has 0 unspecified atom stereocenters. The first-order chi connectivity index (χ1) is 10.2. The lowest BCUT2D eigenvalue weighted by atomic mass is 9.90. The Hall–Kier alpha value is -2.34. The summed E-state index contributed by atoms with van der Waals surface area (Å²) in [5, 5.41) is 29.3. The van der Waals surface area contributed by atoms with Crippen LogP contribution in [0.2, 0.25) is 0 Å². The average Bonchev–Trinajstić information content (AvgIpc) is 2.46. The van der Waals surface area contributed by atoms with Gasteiger partial charge in [-0.25, -0.2) is 0 Å². The molecule has 1 N–H and O–H groups in total. The summed E-state index contributed by atoms with van der Waals surface area (Å²) in [6, 6.07) is 5.51. The Labute approximate surface area is 123 Å². The molecule has 1 aliphatic rings. The van der Waals surface area contributed by atoms with Crippen molar-refractivity contribution in [3.8, 4) is 6.07 Å². The molecule has 2 rings (SSSR count). The number of hydrogen-bond acceptors (Lipinski definition) is 5. The molecule has 1 saturated heterocycles. The van der Waals surface area contributed by atoms with E-state index in [1.54, 1.807) is 11.0 Å². The number of alkyl halides is 3. The topological polar surface area (TPSA) is 90.4 Å². The lowest BCUT2D eigenvalue weighted by Gasteiger charge is -2.40. The number of nitriles is 1. The third-order valence-electron chi connectivity index (χ3n) is 3.78. The summed E-state index contributed by atoms with van der Waals surface area (Å²) in [7, 11) is 0. The summed E-state index contributed by atoms with van der Waals surface area (Å²) in [4.78, 5) is 11.6. The van der Waals surface area contributed by atoms with Crippen LogP contribution in [0.25, 0.3) is 0 Å². The zero-order valence-corrected chi connectivity index (χ0v) is 11.3. The third kappa shape index (κ3) is 2.82. The van der Waals surface area contributed by atoms with Crippen molar-refractivity contribution in [1.82, 2.24) is 0 Å². The Morgan fingerprint density at radius 2 is 1.95 bits per heavy atom. The molecule has 9 heteroatoms. The van der Waals surface area contributed by atoms with Gasteiger partial charge in [0.2, 0.25) is 0 Å². The minimum atomic E-state index is -4.69. The maximum absolute atomic E-state index is 12.7. The number of halogens is 3. The number of piperidine rings is 1. The summed E-state index contributed by atoms with van der Waals surface area (Å²) < 4.78 is 38.2. The third-order valence-corrected chi connectivity index (χ3v) is 3.78. The first kappa shape index (κ1) is 16.0. The molecule has 1 aromatic carbocycles. The van der Waals surface area contributed by atoms with E-state index in [-0.39, 0.29) is 24.3 Å². The second-order valence-electron chi connectivity index (χ2n) is 5.09. The molecule has 0 amide bonds. The van der Waals surface area contributed by atoms with Gasteiger partial charge in [-0.3, -0.25) is 10.1 Å². The van der Waals surface area contributed by atoms with Crippen LogP contribution in [0.1, 0.15) is 18.4 Å². The van der Waals surface area contributed by atoms with Crippen LogP contribution < -0.4 is 4.90 Å². The van der Waals surface area contributed by atoms with Crippen molar-refractivity contribution in [3.63, 3.8) is 0 Å². The van der Waals surface area contributed by atoms with Gasteiger partial charge >= 0.3 is 6.18 Å². The maximum Gasteiger partial charge on any atom is 0.417 e. The van der Waals surface area contributed by atoms with Crippen molar-refractivity contribution in [2.24, 2.45) is 0 Å². The van der Waals surface area contributed by atoms with Crippen LogP contribution in [0, 0.1) is 21.4 Å². The fourth-order valence-corrected chi connectivity index (χ4v) is 2.39. The summed E-state index contributed by atoms with van der Waals surface area (Å²) in [6.07, 6.45) is -5.67. The summed E-state index contributed by atoms with van der Waals surface area (Å²) in [5.41, 5.74) is -2.79. The fourth-order valence-electron chi connectivity index (χ4n) is 2.39. The highest BCUT2D eigenvalue weighted by Gasteiger charge is 2.54. The molecule has 0 radical (unpaired) electrons. The monoisotopic (exact) mass is 315 g/mol. The zero-order chi connectivity index (χ0) is 16.5. The number of nitro benzene ring substituents is 1. The van der Waals surface area contributed by atoms with Gasteiger partial charge in [0.1, 0.15) is 11.6 Å². The van der Waals surface area contributed by atoms with Crippen molar-refractivity contribution < 1.29 is 23.2 Å². The van der Waals surface area contributed by atoms with E-state index in [9.17, 15) is 28.4 Å². The van der Waals surface area contributed by atoms with Crippen molar-refractivity contribution in [2.45, 2.75) is 24.6 Å². The molecule has 1 aromatic rings. The lowest BCUT2D eigenvalue weighted by molar-refractivity contribution is -0.385. The van der Waals surface area contributed by atoms with E-state index in [0.717, 1.165) is 6.07 Å². The molecule has 0 atom stereocenters. The van der Waals surface area contributed by atoms with E-state index < -0.39 is 29.5 Å². The Balaban J connectivity index is 2.19. The molecule has 0 spiro atoms.